The molecule has 4 aromatic rings. The predicted molar refractivity (Wildman–Crippen MR) is 218 cm³/mol. The van der Waals surface area contributed by atoms with Crippen LogP contribution in [0.4, 0.5) is 0 Å². The van der Waals surface area contributed by atoms with E-state index in [2.05, 4.69) is 39.0 Å². The number of hydrogen-bond acceptors (Lipinski definition) is 11. The molecule has 4 atom stereocenters. The fraction of sp³-hybridized carbons (Fsp3) is 0.400. The van der Waals surface area contributed by atoms with Crippen molar-refractivity contribution >= 4 is 25.6 Å². The number of nitrogens with zero attached hydrogens (tertiary/aromatic N) is 2. The van der Waals surface area contributed by atoms with E-state index in [-0.39, 0.29) is 53.2 Å². The van der Waals surface area contributed by atoms with Gasteiger partial charge in [-0.05, 0) is 85.8 Å². The van der Waals surface area contributed by atoms with Gasteiger partial charge in [0.1, 0.15) is 36.0 Å². The van der Waals surface area contributed by atoms with Crippen LogP contribution in [0.2, 0.25) is 18.1 Å². The monoisotopic (exact) mass is 792 g/mol. The Kier molecular flexibility index (Phi) is 10.7. The van der Waals surface area contributed by atoms with Crippen molar-refractivity contribution in [2.75, 3.05) is 21.2 Å². The SMILES string of the molecule is COc1cc(C/C=C\O[Si](C)(C)C(C)(C)C)c(OCc2ccccc2)c2c1C[C@H]1C[C@H]3[C@H](N(C)C)c4onc(OCc5ccccc5)c4C(=O)[C@@]3(O)C(=O)C1=C2O. The van der Waals surface area contributed by atoms with Gasteiger partial charge in [0.2, 0.25) is 19.9 Å². The molecule has 0 radical (unpaired) electrons. The first-order chi connectivity index (χ1) is 27.1. The topological polar surface area (TPSA) is 141 Å². The summed E-state index contributed by atoms with van der Waals surface area (Å²) in [4.78, 5) is 31.4. The number of benzene rings is 3. The molecule has 1 heterocycles. The highest BCUT2D eigenvalue weighted by atomic mass is 28.4. The number of methoxy groups -OCH3 is 1. The van der Waals surface area contributed by atoms with Crippen molar-refractivity contribution in [3.05, 3.63) is 124 Å². The number of Topliss-reactive ketones (excluding diaryl/α,β-unsaturated/α-hetero) is 2. The summed E-state index contributed by atoms with van der Waals surface area (Å²) < 4.78 is 30.6. The lowest BCUT2D eigenvalue weighted by atomic mass is 9.57. The average molecular weight is 793 g/mol. The van der Waals surface area contributed by atoms with Gasteiger partial charge in [-0.2, -0.15) is 0 Å². The molecule has 0 spiro atoms. The highest BCUT2D eigenvalue weighted by Gasteiger charge is 2.65. The average Bonchev–Trinajstić information content (AvgIpc) is 3.60. The van der Waals surface area contributed by atoms with Crippen LogP contribution in [-0.4, -0.2) is 67.0 Å². The molecule has 1 saturated carbocycles. The van der Waals surface area contributed by atoms with Crippen LogP contribution in [0.1, 0.15) is 77.2 Å². The van der Waals surface area contributed by atoms with Crippen molar-refractivity contribution in [3.8, 4) is 17.4 Å². The molecule has 0 bridgehead atoms. The maximum atomic E-state index is 15.0. The number of allylic oxidation sites excluding steroid dienone is 1. The number of carbonyl (C=O) groups excluding carboxylic acids is 2. The van der Waals surface area contributed by atoms with Crippen LogP contribution in [0.3, 0.4) is 0 Å². The molecular weight excluding hydrogens is 741 g/mol. The van der Waals surface area contributed by atoms with E-state index in [0.29, 0.717) is 41.0 Å². The van der Waals surface area contributed by atoms with Crippen LogP contribution >= 0.6 is 0 Å². The summed E-state index contributed by atoms with van der Waals surface area (Å²) >= 11 is 0. The summed E-state index contributed by atoms with van der Waals surface area (Å²) in [6, 6.07) is 20.3. The van der Waals surface area contributed by atoms with E-state index in [1.807, 2.05) is 77.7 Å². The Labute approximate surface area is 335 Å². The van der Waals surface area contributed by atoms with E-state index in [9.17, 15) is 19.8 Å². The number of aromatic nitrogens is 1. The zero-order valence-electron chi connectivity index (χ0n) is 33.9. The Morgan fingerprint density at radius 3 is 2.19 bits per heavy atom. The molecule has 300 valence electrons. The molecule has 57 heavy (non-hydrogen) atoms. The Morgan fingerprint density at radius 1 is 0.965 bits per heavy atom. The number of carbonyl (C=O) groups is 2. The standard InChI is InChI=1S/C45H52N2O9Si/c1-44(2,3)57(7,8)55-21-15-20-29-24-33(52-6)31-22-30-23-32-37(47(4)5)40-36(43(46-56-40)54-26-28-18-13-10-14-19-28)42(50)45(32,51)41(49)34(30)38(48)35(31)39(29)53-25-27-16-11-9-12-17-27/h9-19,21,24,30,32,37,48,51H,20,22-23,25-26H2,1-8H3/b21-15-/t30-,32-,37-,45-/m0/s1. The van der Waals surface area contributed by atoms with Gasteiger partial charge in [-0.15, -0.1) is 0 Å². The third-order valence-corrected chi connectivity index (χ3v) is 16.5. The first-order valence-corrected chi connectivity index (χ1v) is 22.3. The van der Waals surface area contributed by atoms with Crippen LogP contribution in [-0.2, 0) is 35.3 Å². The van der Waals surface area contributed by atoms with Crippen LogP contribution in [0, 0.1) is 11.8 Å². The largest absolute Gasteiger partial charge is 0.549 e. The van der Waals surface area contributed by atoms with Gasteiger partial charge >= 0.3 is 0 Å². The molecular formula is C45H52N2O9Si. The molecule has 12 heteroatoms. The van der Waals surface area contributed by atoms with Crippen molar-refractivity contribution in [2.45, 2.75) is 83.0 Å². The molecule has 3 aromatic carbocycles. The van der Waals surface area contributed by atoms with E-state index >= 15 is 0 Å². The molecule has 0 amide bonds. The quantitative estimate of drug-likeness (QED) is 0.0816. The first kappa shape index (κ1) is 40.0. The fourth-order valence-electron chi connectivity index (χ4n) is 8.12. The highest BCUT2D eigenvalue weighted by Crippen LogP contribution is 2.57. The Bertz CT molecular complexity index is 2220. The van der Waals surface area contributed by atoms with Crippen LogP contribution < -0.4 is 14.2 Å². The molecule has 3 aliphatic carbocycles. The fourth-order valence-corrected chi connectivity index (χ4v) is 8.91. The minimum absolute atomic E-state index is 0.0131. The highest BCUT2D eigenvalue weighted by molar-refractivity contribution is 6.74. The predicted octanol–water partition coefficient (Wildman–Crippen LogP) is 8.18. The molecule has 0 aliphatic heterocycles. The van der Waals surface area contributed by atoms with Gasteiger partial charge in [-0.3, -0.25) is 14.5 Å². The maximum absolute atomic E-state index is 15.0. The van der Waals surface area contributed by atoms with Crippen molar-refractivity contribution in [1.82, 2.24) is 10.1 Å². The maximum Gasteiger partial charge on any atom is 0.265 e. The second kappa shape index (κ2) is 15.3. The number of aliphatic hydroxyl groups is 2. The minimum atomic E-state index is -2.54. The van der Waals surface area contributed by atoms with Gasteiger partial charge < -0.3 is 33.4 Å². The van der Waals surface area contributed by atoms with Gasteiger partial charge in [0.25, 0.3) is 5.88 Å². The van der Waals surface area contributed by atoms with Gasteiger partial charge in [-0.25, -0.2) is 0 Å². The Hall–Kier alpha value is -5.17. The van der Waals surface area contributed by atoms with Crippen molar-refractivity contribution in [2.24, 2.45) is 11.8 Å². The number of aliphatic hydroxyl groups excluding tert-OH is 1. The van der Waals surface area contributed by atoms with Crippen molar-refractivity contribution in [3.63, 3.8) is 0 Å². The number of rotatable bonds is 12. The van der Waals surface area contributed by atoms with E-state index in [1.54, 1.807) is 27.5 Å². The smallest absolute Gasteiger partial charge is 0.265 e. The molecule has 0 unspecified atom stereocenters. The number of ketones is 2. The second-order valence-electron chi connectivity index (χ2n) is 17.0. The molecule has 2 N–H and O–H groups in total. The third kappa shape index (κ3) is 7.08. The Balaban J connectivity index is 1.31. The summed E-state index contributed by atoms with van der Waals surface area (Å²) in [5.74, 6) is -2.48. The summed E-state index contributed by atoms with van der Waals surface area (Å²) in [6.07, 6.45) is 4.52. The van der Waals surface area contributed by atoms with Gasteiger partial charge in [0.05, 0.1) is 25.0 Å². The summed E-state index contributed by atoms with van der Waals surface area (Å²) in [5, 5.41) is 29.1. The molecule has 3 aliphatic rings. The number of ether oxygens (including phenoxy) is 3. The molecule has 1 aromatic heterocycles. The lowest BCUT2D eigenvalue weighted by Crippen LogP contribution is -2.63. The summed E-state index contributed by atoms with van der Waals surface area (Å²) in [5.41, 5.74) is 0.817. The second-order valence-corrected chi connectivity index (χ2v) is 21.7. The summed E-state index contributed by atoms with van der Waals surface area (Å²) in [7, 11) is 3.10. The van der Waals surface area contributed by atoms with Gasteiger partial charge in [0, 0.05) is 22.6 Å². The zero-order valence-corrected chi connectivity index (χ0v) is 34.9. The molecule has 7 rings (SSSR count). The van der Waals surface area contributed by atoms with Gasteiger partial charge in [0.15, 0.2) is 11.4 Å². The zero-order chi connectivity index (χ0) is 40.9. The molecule has 0 saturated heterocycles. The van der Waals surface area contributed by atoms with Gasteiger partial charge in [-0.1, -0.05) is 81.4 Å². The van der Waals surface area contributed by atoms with Crippen molar-refractivity contribution < 1.29 is 43.0 Å². The Morgan fingerprint density at radius 2 is 1.60 bits per heavy atom. The number of fused-ring (bicyclic) bond motifs is 4. The normalized spacial score (nSPS) is 21.9. The van der Waals surface area contributed by atoms with Crippen molar-refractivity contribution in [1.29, 1.82) is 0 Å². The van der Waals surface area contributed by atoms with Crippen LogP contribution in [0.15, 0.2) is 89.2 Å². The van der Waals surface area contributed by atoms with E-state index in [1.165, 1.54) is 0 Å². The first-order valence-electron chi connectivity index (χ1n) is 19.4. The van der Waals surface area contributed by atoms with E-state index in [0.717, 1.165) is 11.1 Å². The number of hydrogen-bond donors (Lipinski definition) is 2. The molecule has 11 nitrogen and oxygen atoms in total. The van der Waals surface area contributed by atoms with Crippen LogP contribution in [0.25, 0.3) is 5.76 Å². The van der Waals surface area contributed by atoms with E-state index in [4.69, 9.17) is 23.2 Å². The third-order valence-electron chi connectivity index (χ3n) is 12.2. The lowest BCUT2D eigenvalue weighted by molar-refractivity contribution is -0.142. The molecule has 1 fully saturated rings. The lowest BCUT2D eigenvalue weighted by Gasteiger charge is -2.49. The minimum Gasteiger partial charge on any atom is -0.549 e. The summed E-state index contributed by atoms with van der Waals surface area (Å²) in [6.45, 7) is 11.2. The van der Waals surface area contributed by atoms with E-state index < -0.39 is 43.4 Å². The van der Waals surface area contributed by atoms with Crippen LogP contribution in [0.5, 0.6) is 17.4 Å².